The van der Waals surface area contributed by atoms with Crippen molar-refractivity contribution in [3.63, 3.8) is 0 Å². The van der Waals surface area contributed by atoms with Crippen LogP contribution in [-0.4, -0.2) is 38.1 Å². The zero-order valence-corrected chi connectivity index (χ0v) is 17.5. The molecule has 1 aromatic carbocycles. The standard InChI is InChI=1S/C17H21F2IN4O4/c1-3-23-13-14(22(2)24(15(13)26)8-5-9-25)21-16(23)27-11-6-4-7-12(10-11)28-17(18,19)20/h4,6-7,10,16,21,25H,3,5,8-9H2,1-2H3. The maximum atomic E-state index is 13.1. The monoisotopic (exact) mass is 510 g/mol. The Hall–Kier alpha value is -2.02. The van der Waals surface area contributed by atoms with Crippen molar-refractivity contribution in [3.05, 3.63) is 34.6 Å². The second kappa shape index (κ2) is 8.15. The Morgan fingerprint density at radius 3 is 2.71 bits per heavy atom. The molecule has 1 aliphatic rings. The van der Waals surface area contributed by atoms with Crippen molar-refractivity contribution >= 4 is 34.1 Å². The van der Waals surface area contributed by atoms with Gasteiger partial charge >= 0.3 is 4.12 Å². The Morgan fingerprint density at radius 2 is 2.07 bits per heavy atom. The minimum Gasteiger partial charge on any atom is -0.452 e. The molecular formula is C17H21F2IN4O4. The highest BCUT2D eigenvalue weighted by atomic mass is 127. The number of fused-ring (bicyclic) bond motifs is 1. The minimum atomic E-state index is -3.33. The van der Waals surface area contributed by atoms with Gasteiger partial charge in [0.2, 0.25) is 0 Å². The lowest BCUT2D eigenvalue weighted by atomic mass is 10.3. The van der Waals surface area contributed by atoms with Gasteiger partial charge in [-0.25, -0.2) is 4.68 Å². The molecule has 0 saturated heterocycles. The highest BCUT2D eigenvalue weighted by molar-refractivity contribution is 14.1. The van der Waals surface area contributed by atoms with Crippen LogP contribution in [0.3, 0.4) is 0 Å². The Morgan fingerprint density at radius 1 is 1.36 bits per heavy atom. The van der Waals surface area contributed by atoms with Crippen molar-refractivity contribution in [2.45, 2.75) is 30.4 Å². The summed E-state index contributed by atoms with van der Waals surface area (Å²) in [7, 11) is 1.75. The lowest BCUT2D eigenvalue weighted by Crippen LogP contribution is -2.43. The maximum Gasteiger partial charge on any atom is 0.451 e. The number of rotatable bonds is 8. The lowest BCUT2D eigenvalue weighted by Gasteiger charge is -2.26. The molecule has 0 bridgehead atoms. The quantitative estimate of drug-likeness (QED) is 0.420. The summed E-state index contributed by atoms with van der Waals surface area (Å²) < 4.78 is 36.5. The number of ether oxygens (including phenoxy) is 2. The summed E-state index contributed by atoms with van der Waals surface area (Å²) in [4.78, 5) is 14.5. The van der Waals surface area contributed by atoms with Gasteiger partial charge in [0.05, 0.1) is 22.6 Å². The molecule has 28 heavy (non-hydrogen) atoms. The van der Waals surface area contributed by atoms with E-state index in [4.69, 9.17) is 9.84 Å². The van der Waals surface area contributed by atoms with Crippen LogP contribution in [-0.2, 0) is 13.6 Å². The predicted octanol–water partition coefficient (Wildman–Crippen LogP) is 2.55. The second-order valence-electron chi connectivity index (χ2n) is 6.15. The van der Waals surface area contributed by atoms with Crippen molar-refractivity contribution in [1.82, 2.24) is 9.36 Å². The molecule has 0 amide bonds. The number of aliphatic hydroxyl groups is 1. The first-order valence-electron chi connectivity index (χ1n) is 8.71. The van der Waals surface area contributed by atoms with Crippen LogP contribution in [0.5, 0.6) is 11.5 Å². The maximum absolute atomic E-state index is 13.1. The third-order valence-corrected chi connectivity index (χ3v) is 4.55. The van der Waals surface area contributed by atoms with Crippen molar-refractivity contribution in [2.75, 3.05) is 23.4 Å². The molecule has 1 aliphatic heterocycles. The van der Waals surface area contributed by atoms with E-state index < -0.39 is 10.5 Å². The van der Waals surface area contributed by atoms with E-state index in [0.717, 1.165) is 22.6 Å². The smallest absolute Gasteiger partial charge is 0.451 e. The minimum absolute atomic E-state index is 0.00633. The largest absolute Gasteiger partial charge is 0.452 e. The molecule has 2 aromatic rings. The van der Waals surface area contributed by atoms with Gasteiger partial charge in [-0.1, -0.05) is 6.07 Å². The van der Waals surface area contributed by atoms with Crippen LogP contribution in [0, 0.1) is 0 Å². The molecule has 0 fully saturated rings. The van der Waals surface area contributed by atoms with Crippen LogP contribution in [0.25, 0.3) is 0 Å². The van der Waals surface area contributed by atoms with Gasteiger partial charge in [0, 0.05) is 32.8 Å². The van der Waals surface area contributed by atoms with E-state index >= 15 is 0 Å². The molecule has 0 aliphatic carbocycles. The highest BCUT2D eigenvalue weighted by Crippen LogP contribution is 2.34. The van der Waals surface area contributed by atoms with E-state index in [9.17, 15) is 13.6 Å². The number of aromatic nitrogens is 2. The van der Waals surface area contributed by atoms with Crippen molar-refractivity contribution in [1.29, 1.82) is 0 Å². The first-order chi connectivity index (χ1) is 13.2. The van der Waals surface area contributed by atoms with Crippen LogP contribution >= 0.6 is 22.6 Å². The average Bonchev–Trinajstić information content (AvgIpc) is 3.08. The van der Waals surface area contributed by atoms with Gasteiger partial charge < -0.3 is 24.8 Å². The van der Waals surface area contributed by atoms with Crippen LogP contribution in [0.2, 0.25) is 0 Å². The third-order valence-electron chi connectivity index (χ3n) is 4.33. The molecular weight excluding hydrogens is 489 g/mol. The summed E-state index contributed by atoms with van der Waals surface area (Å²) in [6, 6.07) is 5.95. The SMILES string of the molecule is CCN1c2c(n(C)n(CCCO)c2=O)NC1Oc1cccc(OC(F)(F)I)c1. The van der Waals surface area contributed by atoms with Gasteiger partial charge in [-0.3, -0.25) is 9.48 Å². The van der Waals surface area contributed by atoms with Crippen LogP contribution < -0.4 is 25.2 Å². The Labute approximate surface area is 173 Å². The second-order valence-corrected chi connectivity index (χ2v) is 7.41. The van der Waals surface area contributed by atoms with Gasteiger partial charge in [0.15, 0.2) is 11.5 Å². The van der Waals surface area contributed by atoms with Crippen molar-refractivity contribution < 1.29 is 23.4 Å². The molecule has 11 heteroatoms. The number of anilines is 2. The molecule has 1 atom stereocenters. The van der Waals surface area contributed by atoms with E-state index in [-0.39, 0.29) is 17.9 Å². The summed E-state index contributed by atoms with van der Waals surface area (Å²) in [6.45, 7) is 2.76. The number of hydrogen-bond acceptors (Lipinski definition) is 6. The average molecular weight is 510 g/mol. The van der Waals surface area contributed by atoms with Crippen molar-refractivity contribution in [2.24, 2.45) is 7.05 Å². The summed E-state index contributed by atoms with van der Waals surface area (Å²) in [6.07, 6.45) is -0.200. The first kappa shape index (κ1) is 20.7. The summed E-state index contributed by atoms with van der Waals surface area (Å²) in [5, 5.41) is 12.2. The normalized spacial score (nSPS) is 16.1. The fourth-order valence-corrected chi connectivity index (χ4v) is 3.38. The summed E-state index contributed by atoms with van der Waals surface area (Å²) >= 11 is 0.898. The third kappa shape index (κ3) is 4.19. The number of nitrogens with zero attached hydrogens (tertiary/aromatic N) is 3. The number of halogens is 3. The Balaban J connectivity index is 1.82. The molecule has 3 rings (SSSR count). The Bertz CT molecular complexity index is 896. The predicted molar refractivity (Wildman–Crippen MR) is 108 cm³/mol. The molecule has 2 N–H and O–H groups in total. The van der Waals surface area contributed by atoms with E-state index in [0.29, 0.717) is 36.8 Å². The highest BCUT2D eigenvalue weighted by Gasteiger charge is 2.36. The number of alkyl halides is 3. The molecule has 1 aromatic heterocycles. The molecule has 8 nitrogen and oxygen atoms in total. The van der Waals surface area contributed by atoms with Crippen molar-refractivity contribution in [3.8, 4) is 11.5 Å². The fraction of sp³-hybridized carbons (Fsp3) is 0.471. The molecule has 0 spiro atoms. The topological polar surface area (TPSA) is 80.9 Å². The molecule has 2 heterocycles. The van der Waals surface area contributed by atoms with Crippen LogP contribution in [0.4, 0.5) is 20.3 Å². The zero-order chi connectivity index (χ0) is 20.5. The van der Waals surface area contributed by atoms with Gasteiger partial charge in [0.25, 0.3) is 11.9 Å². The molecule has 154 valence electrons. The van der Waals surface area contributed by atoms with Gasteiger partial charge in [-0.2, -0.15) is 8.78 Å². The number of hydrogen-bond donors (Lipinski definition) is 2. The number of aliphatic hydroxyl groups excluding tert-OH is 1. The van der Waals surface area contributed by atoms with Gasteiger partial charge in [-0.05, 0) is 25.5 Å². The number of nitrogens with one attached hydrogen (secondary N) is 1. The van der Waals surface area contributed by atoms with E-state index in [1.54, 1.807) is 33.4 Å². The van der Waals surface area contributed by atoms with Gasteiger partial charge in [0.1, 0.15) is 11.5 Å². The van der Waals surface area contributed by atoms with E-state index in [1.165, 1.54) is 12.1 Å². The Kier molecular flexibility index (Phi) is 6.03. The fourth-order valence-electron chi connectivity index (χ4n) is 3.13. The van der Waals surface area contributed by atoms with Gasteiger partial charge in [-0.15, -0.1) is 0 Å². The van der Waals surface area contributed by atoms with E-state index in [2.05, 4.69) is 10.1 Å². The molecule has 0 radical (unpaired) electrons. The van der Waals surface area contributed by atoms with Crippen LogP contribution in [0.1, 0.15) is 13.3 Å². The van der Waals surface area contributed by atoms with Crippen LogP contribution in [0.15, 0.2) is 29.1 Å². The number of benzene rings is 1. The lowest BCUT2D eigenvalue weighted by molar-refractivity contribution is -0.0692. The molecule has 1 unspecified atom stereocenters. The molecule has 0 saturated carbocycles. The zero-order valence-electron chi connectivity index (χ0n) is 15.4. The summed E-state index contributed by atoms with van der Waals surface area (Å²) in [5.41, 5.74) is 0.284. The van der Waals surface area contributed by atoms with E-state index in [1.807, 2.05) is 6.92 Å². The summed E-state index contributed by atoms with van der Waals surface area (Å²) in [5.74, 6) is 0.894. The first-order valence-corrected chi connectivity index (χ1v) is 9.79.